The summed E-state index contributed by atoms with van der Waals surface area (Å²) in [6.07, 6.45) is 0. The van der Waals surface area contributed by atoms with Crippen LogP contribution in [0.5, 0.6) is 0 Å². The topological polar surface area (TPSA) is 74.5 Å². The van der Waals surface area contributed by atoms with Crippen molar-refractivity contribution in [3.05, 3.63) is 76.0 Å². The lowest BCUT2D eigenvalue weighted by Crippen LogP contribution is -2.34. The van der Waals surface area contributed by atoms with E-state index in [1.807, 2.05) is 0 Å². The number of hydrogen-bond acceptors (Lipinski definition) is 4. The minimum Gasteiger partial charge on any atom is -0.459 e. The number of aliphatic hydroxyl groups excluding tert-OH is 1. The normalized spacial score (nSPS) is 10.5. The molecule has 1 heterocycles. The van der Waals surface area contributed by atoms with Crippen molar-refractivity contribution in [3.63, 3.8) is 0 Å². The Morgan fingerprint density at radius 2 is 1.93 bits per heavy atom. The lowest BCUT2D eigenvalue weighted by atomic mass is 10.1. The first-order valence-corrected chi connectivity index (χ1v) is 9.00. The maximum Gasteiger partial charge on any atom is 0.257 e. The maximum absolute atomic E-state index is 12.2. The van der Waals surface area contributed by atoms with Crippen molar-refractivity contribution < 1.29 is 14.3 Å². The summed E-state index contributed by atoms with van der Waals surface area (Å²) in [6, 6.07) is 15.2. The number of carbonyl (C=O) groups excluding carboxylic acids is 1. The number of thiocarbonyl (C=S) groups is 1. The maximum atomic E-state index is 12.2. The number of carbonyl (C=O) groups is 1. The molecule has 0 unspecified atom stereocenters. The Morgan fingerprint density at radius 1 is 1.11 bits per heavy atom. The Labute approximate surface area is 170 Å². The van der Waals surface area contributed by atoms with Crippen molar-refractivity contribution in [3.8, 4) is 11.3 Å². The third-order valence-electron chi connectivity index (χ3n) is 3.63. The quantitative estimate of drug-likeness (QED) is 0.524. The summed E-state index contributed by atoms with van der Waals surface area (Å²) >= 11 is 17.3. The van der Waals surface area contributed by atoms with Crippen LogP contribution in [0.3, 0.4) is 0 Å². The molecule has 27 heavy (non-hydrogen) atoms. The van der Waals surface area contributed by atoms with Crippen molar-refractivity contribution in [2.24, 2.45) is 0 Å². The molecule has 0 fully saturated rings. The van der Waals surface area contributed by atoms with Crippen molar-refractivity contribution in [2.45, 2.75) is 6.61 Å². The molecule has 138 valence electrons. The van der Waals surface area contributed by atoms with Gasteiger partial charge in [0.15, 0.2) is 5.11 Å². The van der Waals surface area contributed by atoms with E-state index in [4.69, 9.17) is 44.9 Å². The van der Waals surface area contributed by atoms with Gasteiger partial charge in [0.25, 0.3) is 5.91 Å². The first-order valence-electron chi connectivity index (χ1n) is 7.83. The van der Waals surface area contributed by atoms with Crippen LogP contribution in [0.1, 0.15) is 16.1 Å². The Bertz CT molecular complexity index is 1000. The van der Waals surface area contributed by atoms with Gasteiger partial charge in [-0.25, -0.2) is 0 Å². The second-order valence-corrected chi connectivity index (χ2v) is 6.79. The number of amides is 1. The van der Waals surface area contributed by atoms with Crippen LogP contribution in [0.15, 0.2) is 59.0 Å². The summed E-state index contributed by atoms with van der Waals surface area (Å²) in [5, 5.41) is 15.6. The van der Waals surface area contributed by atoms with Crippen LogP contribution in [0.2, 0.25) is 10.0 Å². The fraction of sp³-hybridized carbons (Fsp3) is 0.0526. The largest absolute Gasteiger partial charge is 0.459 e. The number of halogens is 2. The van der Waals surface area contributed by atoms with Crippen LogP contribution in [-0.4, -0.2) is 16.1 Å². The standard InChI is InChI=1S/C19H14Cl2N2O3S/c20-13-3-1-2-12(8-13)18(25)23-19(27)22-16-9-11(4-6-15(16)21)17-7-5-14(10-24)26-17/h1-9,24H,10H2,(H2,22,23,25,27). The Hall–Kier alpha value is -2.38. The van der Waals surface area contributed by atoms with E-state index in [0.717, 1.165) is 5.56 Å². The van der Waals surface area contributed by atoms with E-state index in [9.17, 15) is 4.79 Å². The lowest BCUT2D eigenvalue weighted by molar-refractivity contribution is 0.0977. The Balaban J connectivity index is 1.73. The Kier molecular flexibility index (Phi) is 6.13. The van der Waals surface area contributed by atoms with Gasteiger partial charge in [-0.1, -0.05) is 29.3 Å². The molecule has 1 amide bonds. The zero-order chi connectivity index (χ0) is 19.4. The molecular weight excluding hydrogens is 407 g/mol. The van der Waals surface area contributed by atoms with Crippen molar-refractivity contribution in [1.82, 2.24) is 5.32 Å². The zero-order valence-electron chi connectivity index (χ0n) is 13.8. The summed E-state index contributed by atoms with van der Waals surface area (Å²) in [7, 11) is 0. The van der Waals surface area contributed by atoms with Gasteiger partial charge in [-0.15, -0.1) is 0 Å². The third-order valence-corrected chi connectivity index (χ3v) is 4.40. The zero-order valence-corrected chi connectivity index (χ0v) is 16.2. The highest BCUT2D eigenvalue weighted by Gasteiger charge is 2.12. The summed E-state index contributed by atoms with van der Waals surface area (Å²) < 4.78 is 5.52. The molecule has 3 rings (SSSR count). The lowest BCUT2D eigenvalue weighted by Gasteiger charge is -2.12. The summed E-state index contributed by atoms with van der Waals surface area (Å²) in [5.41, 5.74) is 1.64. The van der Waals surface area contributed by atoms with E-state index in [0.29, 0.717) is 32.8 Å². The van der Waals surface area contributed by atoms with Crippen LogP contribution < -0.4 is 10.6 Å². The average Bonchev–Trinajstić information content (AvgIpc) is 3.12. The highest BCUT2D eigenvalue weighted by Crippen LogP contribution is 2.30. The molecule has 0 bridgehead atoms. The number of aliphatic hydroxyl groups is 1. The molecule has 2 aromatic carbocycles. The van der Waals surface area contributed by atoms with Crippen LogP contribution in [0, 0.1) is 0 Å². The number of benzene rings is 2. The molecule has 3 N–H and O–H groups in total. The molecule has 0 aliphatic rings. The van der Waals surface area contributed by atoms with E-state index in [-0.39, 0.29) is 17.6 Å². The first-order chi connectivity index (χ1) is 13.0. The molecule has 3 aromatic rings. The SMILES string of the molecule is O=C(NC(=S)Nc1cc(-c2ccc(CO)o2)ccc1Cl)c1cccc(Cl)c1. The second-order valence-electron chi connectivity index (χ2n) is 5.54. The average molecular weight is 421 g/mol. The smallest absolute Gasteiger partial charge is 0.257 e. The highest BCUT2D eigenvalue weighted by atomic mass is 35.5. The minimum atomic E-state index is -0.388. The number of hydrogen-bond donors (Lipinski definition) is 3. The van der Waals surface area contributed by atoms with Gasteiger partial charge >= 0.3 is 0 Å². The number of rotatable bonds is 4. The van der Waals surface area contributed by atoms with E-state index >= 15 is 0 Å². The summed E-state index contributed by atoms with van der Waals surface area (Å²) in [4.78, 5) is 12.2. The predicted molar refractivity (Wildman–Crippen MR) is 110 cm³/mol. The van der Waals surface area contributed by atoms with E-state index in [1.165, 1.54) is 0 Å². The summed E-state index contributed by atoms with van der Waals surface area (Å²) in [5.74, 6) is 0.646. The first kappa shape index (κ1) is 19.4. The molecule has 5 nitrogen and oxygen atoms in total. The van der Waals surface area contributed by atoms with Gasteiger partial charge in [0.05, 0.1) is 10.7 Å². The fourth-order valence-electron chi connectivity index (χ4n) is 2.35. The molecule has 0 aliphatic heterocycles. The van der Waals surface area contributed by atoms with Crippen molar-refractivity contribution in [2.75, 3.05) is 5.32 Å². The molecular formula is C19H14Cl2N2O3S. The van der Waals surface area contributed by atoms with Gasteiger partial charge in [-0.2, -0.15) is 0 Å². The van der Waals surface area contributed by atoms with E-state index in [2.05, 4.69) is 10.6 Å². The Morgan fingerprint density at radius 3 is 2.63 bits per heavy atom. The highest BCUT2D eigenvalue weighted by molar-refractivity contribution is 7.80. The van der Waals surface area contributed by atoms with Gasteiger partial charge in [0.1, 0.15) is 18.1 Å². The molecule has 0 atom stereocenters. The molecule has 8 heteroatoms. The van der Waals surface area contributed by atoms with Gasteiger partial charge in [-0.3, -0.25) is 10.1 Å². The number of furan rings is 1. The van der Waals surface area contributed by atoms with Crippen molar-refractivity contribution in [1.29, 1.82) is 0 Å². The number of nitrogens with one attached hydrogen (secondary N) is 2. The molecule has 0 saturated carbocycles. The predicted octanol–water partition coefficient (Wildman–Crippen LogP) is 4.87. The summed E-state index contributed by atoms with van der Waals surface area (Å²) in [6.45, 7) is -0.182. The molecule has 0 saturated heterocycles. The molecule has 0 aliphatic carbocycles. The van der Waals surface area contributed by atoms with Gasteiger partial charge in [0.2, 0.25) is 0 Å². The molecule has 0 spiro atoms. The van der Waals surface area contributed by atoms with Gasteiger partial charge in [0, 0.05) is 16.1 Å². The van der Waals surface area contributed by atoms with Crippen molar-refractivity contribution >= 4 is 52.1 Å². The monoisotopic (exact) mass is 420 g/mol. The molecule has 0 radical (unpaired) electrons. The molecule has 1 aromatic heterocycles. The van der Waals surface area contributed by atoms with E-state index < -0.39 is 0 Å². The van der Waals surface area contributed by atoms with Crippen LogP contribution >= 0.6 is 35.4 Å². The second kappa shape index (κ2) is 8.54. The minimum absolute atomic E-state index is 0.0921. The number of anilines is 1. The van der Waals surface area contributed by atoms with Crippen LogP contribution in [0.4, 0.5) is 5.69 Å². The van der Waals surface area contributed by atoms with Gasteiger partial charge in [-0.05, 0) is 60.7 Å². The van der Waals surface area contributed by atoms with Crippen LogP contribution in [-0.2, 0) is 6.61 Å². The van der Waals surface area contributed by atoms with Gasteiger partial charge < -0.3 is 14.8 Å². The van der Waals surface area contributed by atoms with Crippen LogP contribution in [0.25, 0.3) is 11.3 Å². The fourth-order valence-corrected chi connectivity index (χ4v) is 2.91. The van der Waals surface area contributed by atoms with E-state index in [1.54, 1.807) is 54.6 Å². The third kappa shape index (κ3) is 4.87.